The summed E-state index contributed by atoms with van der Waals surface area (Å²) in [6.07, 6.45) is 1.36. The molecule has 1 saturated heterocycles. The number of hydrogen-bond acceptors (Lipinski definition) is 4. The topological polar surface area (TPSA) is 102 Å². The van der Waals surface area contributed by atoms with Crippen LogP contribution in [0.1, 0.15) is 26.2 Å². The number of nitrogens with two attached hydrogens (primary N) is 1. The normalized spacial score (nSPS) is 28.0. The van der Waals surface area contributed by atoms with E-state index in [9.17, 15) is 9.59 Å². The summed E-state index contributed by atoms with van der Waals surface area (Å²) in [7, 11) is 0. The Balaban J connectivity index is 2.23. The number of rotatable bonds is 6. The minimum atomic E-state index is -0.811. The van der Waals surface area contributed by atoms with Gasteiger partial charge in [-0.2, -0.15) is 0 Å². The van der Waals surface area contributed by atoms with Gasteiger partial charge in [0.05, 0.1) is 18.6 Å². The molecule has 0 aliphatic carbocycles. The van der Waals surface area contributed by atoms with Crippen LogP contribution in [-0.4, -0.2) is 42.8 Å². The molecule has 4 N–H and O–H groups in total. The SMILES string of the molecule is CC1(C(=O)NCCCCC(=O)O)COCC1N. The van der Waals surface area contributed by atoms with Crippen LogP contribution >= 0.6 is 0 Å². The first-order valence-electron chi connectivity index (χ1n) is 5.80. The molecule has 0 aromatic heterocycles. The molecule has 1 amide bonds. The van der Waals surface area contributed by atoms with Crippen molar-refractivity contribution in [3.63, 3.8) is 0 Å². The van der Waals surface area contributed by atoms with Gasteiger partial charge in [0, 0.05) is 19.0 Å². The van der Waals surface area contributed by atoms with Crippen molar-refractivity contribution in [2.24, 2.45) is 11.1 Å². The number of aliphatic carboxylic acids is 1. The van der Waals surface area contributed by atoms with E-state index in [1.807, 2.05) is 0 Å². The van der Waals surface area contributed by atoms with Gasteiger partial charge in [-0.15, -0.1) is 0 Å². The number of ether oxygens (including phenoxy) is 1. The fraction of sp³-hybridized carbons (Fsp3) is 0.818. The van der Waals surface area contributed by atoms with Crippen LogP contribution in [0.25, 0.3) is 0 Å². The fourth-order valence-electron chi connectivity index (χ4n) is 1.73. The number of amides is 1. The van der Waals surface area contributed by atoms with Gasteiger partial charge in [-0.05, 0) is 19.8 Å². The number of hydrogen-bond donors (Lipinski definition) is 3. The Morgan fingerprint density at radius 1 is 1.53 bits per heavy atom. The summed E-state index contributed by atoms with van der Waals surface area (Å²) >= 11 is 0. The van der Waals surface area contributed by atoms with Crippen LogP contribution in [0.5, 0.6) is 0 Å². The lowest BCUT2D eigenvalue weighted by Crippen LogP contribution is -2.50. The largest absolute Gasteiger partial charge is 0.481 e. The highest BCUT2D eigenvalue weighted by Gasteiger charge is 2.44. The number of carboxylic acid groups (broad SMARTS) is 1. The second-order valence-electron chi connectivity index (χ2n) is 4.65. The molecule has 0 spiro atoms. The van der Waals surface area contributed by atoms with Crippen LogP contribution < -0.4 is 11.1 Å². The van der Waals surface area contributed by atoms with Gasteiger partial charge < -0.3 is 20.9 Å². The standard InChI is InChI=1S/C11H20N2O4/c1-11(7-17-6-8(11)12)10(16)13-5-3-2-4-9(14)15/h8H,2-7,12H2,1H3,(H,13,16)(H,14,15). The summed E-state index contributed by atoms with van der Waals surface area (Å²) in [5.41, 5.74) is 5.16. The second-order valence-corrected chi connectivity index (χ2v) is 4.65. The third kappa shape index (κ3) is 3.67. The van der Waals surface area contributed by atoms with Crippen molar-refractivity contribution in [3.05, 3.63) is 0 Å². The van der Waals surface area contributed by atoms with Crippen molar-refractivity contribution in [2.45, 2.75) is 32.2 Å². The van der Waals surface area contributed by atoms with Crippen molar-refractivity contribution in [1.82, 2.24) is 5.32 Å². The number of nitrogens with one attached hydrogen (secondary N) is 1. The molecule has 1 heterocycles. The summed E-state index contributed by atoms with van der Waals surface area (Å²) in [6.45, 7) is 3.02. The predicted molar refractivity (Wildman–Crippen MR) is 61.4 cm³/mol. The Kier molecular flexibility index (Phi) is 4.89. The van der Waals surface area contributed by atoms with E-state index in [4.69, 9.17) is 15.6 Å². The Hall–Kier alpha value is -1.14. The summed E-state index contributed by atoms with van der Waals surface area (Å²) < 4.78 is 5.19. The Morgan fingerprint density at radius 2 is 2.24 bits per heavy atom. The van der Waals surface area contributed by atoms with Crippen molar-refractivity contribution in [2.75, 3.05) is 19.8 Å². The molecule has 98 valence electrons. The van der Waals surface area contributed by atoms with E-state index in [0.717, 1.165) is 0 Å². The van der Waals surface area contributed by atoms with Gasteiger partial charge in [0.1, 0.15) is 0 Å². The first kappa shape index (κ1) is 13.9. The predicted octanol–water partition coefficient (Wildman–Crippen LogP) is -0.279. The molecule has 1 fully saturated rings. The zero-order chi connectivity index (χ0) is 12.9. The number of carbonyl (C=O) groups is 2. The zero-order valence-electron chi connectivity index (χ0n) is 10.1. The molecule has 2 atom stereocenters. The van der Waals surface area contributed by atoms with E-state index in [2.05, 4.69) is 5.32 Å². The van der Waals surface area contributed by atoms with E-state index < -0.39 is 11.4 Å². The van der Waals surface area contributed by atoms with Crippen LogP contribution in [0.3, 0.4) is 0 Å². The van der Waals surface area contributed by atoms with Crippen molar-refractivity contribution >= 4 is 11.9 Å². The van der Waals surface area contributed by atoms with Crippen molar-refractivity contribution in [3.8, 4) is 0 Å². The number of unbranched alkanes of at least 4 members (excludes halogenated alkanes) is 1. The highest BCUT2D eigenvalue weighted by molar-refractivity contribution is 5.83. The molecule has 0 aromatic rings. The van der Waals surface area contributed by atoms with E-state index in [1.54, 1.807) is 6.92 Å². The Morgan fingerprint density at radius 3 is 2.76 bits per heavy atom. The van der Waals surface area contributed by atoms with E-state index in [0.29, 0.717) is 32.6 Å². The number of carboxylic acids is 1. The van der Waals surface area contributed by atoms with Crippen LogP contribution in [0.2, 0.25) is 0 Å². The third-order valence-electron chi connectivity index (χ3n) is 3.14. The maximum Gasteiger partial charge on any atom is 0.303 e. The molecule has 1 aliphatic heterocycles. The maximum atomic E-state index is 11.9. The third-order valence-corrected chi connectivity index (χ3v) is 3.14. The van der Waals surface area contributed by atoms with Gasteiger partial charge in [0.15, 0.2) is 0 Å². The monoisotopic (exact) mass is 244 g/mol. The van der Waals surface area contributed by atoms with E-state index in [-0.39, 0.29) is 18.4 Å². The van der Waals surface area contributed by atoms with E-state index in [1.165, 1.54) is 0 Å². The lowest BCUT2D eigenvalue weighted by molar-refractivity contribution is -0.137. The van der Waals surface area contributed by atoms with Crippen LogP contribution in [-0.2, 0) is 14.3 Å². The van der Waals surface area contributed by atoms with E-state index >= 15 is 0 Å². The molecule has 6 heteroatoms. The number of carbonyl (C=O) groups excluding carboxylic acids is 1. The summed E-state index contributed by atoms with van der Waals surface area (Å²) in [6, 6.07) is -0.276. The molecular weight excluding hydrogens is 224 g/mol. The van der Waals surface area contributed by atoms with Gasteiger partial charge in [-0.25, -0.2) is 0 Å². The molecule has 0 saturated carbocycles. The zero-order valence-corrected chi connectivity index (χ0v) is 10.1. The molecule has 0 bridgehead atoms. The lowest BCUT2D eigenvalue weighted by atomic mass is 9.85. The fourth-order valence-corrected chi connectivity index (χ4v) is 1.73. The van der Waals surface area contributed by atoms with Gasteiger partial charge in [0.25, 0.3) is 0 Å². The smallest absolute Gasteiger partial charge is 0.303 e. The van der Waals surface area contributed by atoms with Gasteiger partial charge in [-0.3, -0.25) is 9.59 Å². The molecule has 1 rings (SSSR count). The Labute approximate surface area is 101 Å². The van der Waals surface area contributed by atoms with Crippen LogP contribution in [0.4, 0.5) is 0 Å². The molecule has 6 nitrogen and oxygen atoms in total. The van der Waals surface area contributed by atoms with Crippen molar-refractivity contribution in [1.29, 1.82) is 0 Å². The summed E-state index contributed by atoms with van der Waals surface area (Å²) in [4.78, 5) is 22.2. The first-order valence-corrected chi connectivity index (χ1v) is 5.80. The molecule has 0 radical (unpaired) electrons. The molecule has 0 aromatic carbocycles. The second kappa shape index (κ2) is 5.97. The molecule has 17 heavy (non-hydrogen) atoms. The highest BCUT2D eigenvalue weighted by atomic mass is 16.5. The minimum Gasteiger partial charge on any atom is -0.481 e. The van der Waals surface area contributed by atoms with Crippen molar-refractivity contribution < 1.29 is 19.4 Å². The first-order chi connectivity index (χ1) is 7.97. The van der Waals surface area contributed by atoms with Gasteiger partial charge in [-0.1, -0.05) is 0 Å². The molecule has 2 unspecified atom stereocenters. The summed E-state index contributed by atoms with van der Waals surface area (Å²) in [5, 5.41) is 11.2. The van der Waals surface area contributed by atoms with Gasteiger partial charge in [0.2, 0.25) is 5.91 Å². The highest BCUT2D eigenvalue weighted by Crippen LogP contribution is 2.26. The maximum absolute atomic E-state index is 11.9. The average Bonchev–Trinajstić information content (AvgIpc) is 2.59. The average molecular weight is 244 g/mol. The Bertz CT molecular complexity index is 295. The van der Waals surface area contributed by atoms with Crippen LogP contribution in [0, 0.1) is 5.41 Å². The van der Waals surface area contributed by atoms with Gasteiger partial charge >= 0.3 is 5.97 Å². The molecule has 1 aliphatic rings. The molecular formula is C11H20N2O4. The quantitative estimate of drug-likeness (QED) is 0.558. The summed E-state index contributed by atoms with van der Waals surface area (Å²) in [5.74, 6) is -0.924. The minimum absolute atomic E-state index is 0.113. The van der Waals surface area contributed by atoms with Crippen LogP contribution in [0.15, 0.2) is 0 Å². The lowest BCUT2D eigenvalue weighted by Gasteiger charge is -2.25.